The third kappa shape index (κ3) is 3.28. The molecule has 1 aromatic rings. The van der Waals surface area contributed by atoms with E-state index in [4.69, 9.17) is 11.6 Å². The molecule has 2 nitrogen and oxygen atoms in total. The zero-order chi connectivity index (χ0) is 13.2. The maximum absolute atomic E-state index is 13.2. The number of rotatable bonds is 4. The van der Waals surface area contributed by atoms with E-state index in [0.29, 0.717) is 11.1 Å². The first-order valence-corrected chi connectivity index (χ1v) is 7.51. The average Bonchev–Trinajstić information content (AvgIpc) is 3.22. The van der Waals surface area contributed by atoms with Gasteiger partial charge in [0.1, 0.15) is 5.82 Å². The van der Waals surface area contributed by atoms with Gasteiger partial charge in [0.15, 0.2) is 0 Å². The molecule has 1 N–H and O–H groups in total. The van der Waals surface area contributed by atoms with Crippen LogP contribution in [0, 0.1) is 11.7 Å². The normalized spacial score (nSPS) is 22.4. The van der Waals surface area contributed by atoms with Gasteiger partial charge in [0, 0.05) is 37.2 Å². The van der Waals surface area contributed by atoms with Gasteiger partial charge in [0.05, 0.1) is 0 Å². The van der Waals surface area contributed by atoms with Crippen molar-refractivity contribution in [3.05, 3.63) is 34.6 Å². The molecule has 4 heteroatoms. The van der Waals surface area contributed by atoms with Crippen molar-refractivity contribution in [3.8, 4) is 0 Å². The Kier molecular flexibility index (Phi) is 4.06. The molecule has 1 heterocycles. The summed E-state index contributed by atoms with van der Waals surface area (Å²) >= 11 is 6.27. The SMILES string of the molecule is Fc1ccc([C@@H](CC2CC2)N2CCNCC2)c(Cl)c1. The maximum atomic E-state index is 13.2. The molecular weight excluding hydrogens is 263 g/mol. The van der Waals surface area contributed by atoms with Crippen LogP contribution in [-0.4, -0.2) is 31.1 Å². The summed E-state index contributed by atoms with van der Waals surface area (Å²) in [6.45, 7) is 4.15. The molecule has 0 aromatic heterocycles. The van der Waals surface area contributed by atoms with E-state index >= 15 is 0 Å². The molecule has 1 aliphatic carbocycles. The maximum Gasteiger partial charge on any atom is 0.124 e. The lowest BCUT2D eigenvalue weighted by molar-refractivity contribution is 0.160. The zero-order valence-corrected chi connectivity index (χ0v) is 11.8. The quantitative estimate of drug-likeness (QED) is 0.912. The second-order valence-corrected chi connectivity index (χ2v) is 6.05. The lowest BCUT2D eigenvalue weighted by Crippen LogP contribution is -2.45. The first-order valence-electron chi connectivity index (χ1n) is 7.14. The largest absolute Gasteiger partial charge is 0.314 e. The summed E-state index contributed by atoms with van der Waals surface area (Å²) in [5.74, 6) is 0.584. The summed E-state index contributed by atoms with van der Waals surface area (Å²) < 4.78 is 13.2. The monoisotopic (exact) mass is 282 g/mol. The highest BCUT2D eigenvalue weighted by Crippen LogP contribution is 2.41. The van der Waals surface area contributed by atoms with Crippen molar-refractivity contribution in [2.24, 2.45) is 5.92 Å². The van der Waals surface area contributed by atoms with Crippen molar-refractivity contribution < 1.29 is 4.39 Å². The Labute approximate surface area is 118 Å². The molecule has 104 valence electrons. The van der Waals surface area contributed by atoms with E-state index in [2.05, 4.69) is 10.2 Å². The van der Waals surface area contributed by atoms with Crippen LogP contribution in [-0.2, 0) is 0 Å². The molecule has 2 aliphatic rings. The summed E-state index contributed by atoms with van der Waals surface area (Å²) in [7, 11) is 0. The van der Waals surface area contributed by atoms with E-state index in [1.54, 1.807) is 0 Å². The van der Waals surface area contributed by atoms with E-state index in [1.165, 1.54) is 25.0 Å². The molecule has 1 saturated heterocycles. The molecule has 1 aromatic carbocycles. The molecule has 0 unspecified atom stereocenters. The highest BCUT2D eigenvalue weighted by molar-refractivity contribution is 6.31. The Morgan fingerprint density at radius 2 is 2.05 bits per heavy atom. The van der Waals surface area contributed by atoms with Crippen molar-refractivity contribution >= 4 is 11.6 Å². The number of hydrogen-bond acceptors (Lipinski definition) is 2. The zero-order valence-electron chi connectivity index (χ0n) is 11.0. The minimum absolute atomic E-state index is 0.251. The van der Waals surface area contributed by atoms with Crippen molar-refractivity contribution in [2.75, 3.05) is 26.2 Å². The minimum Gasteiger partial charge on any atom is -0.314 e. The molecule has 19 heavy (non-hydrogen) atoms. The third-order valence-electron chi connectivity index (χ3n) is 4.17. The van der Waals surface area contributed by atoms with Crippen LogP contribution in [0.4, 0.5) is 4.39 Å². The van der Waals surface area contributed by atoms with Gasteiger partial charge in [-0.25, -0.2) is 4.39 Å². The molecule has 1 saturated carbocycles. The Morgan fingerprint density at radius 1 is 1.32 bits per heavy atom. The van der Waals surface area contributed by atoms with Gasteiger partial charge in [-0.05, 0) is 30.0 Å². The molecule has 0 radical (unpaired) electrons. The fraction of sp³-hybridized carbons (Fsp3) is 0.600. The predicted octanol–water partition coefficient (Wildman–Crippen LogP) is 3.23. The Bertz CT molecular complexity index is 442. The number of nitrogens with zero attached hydrogens (tertiary/aromatic N) is 1. The summed E-state index contributed by atoms with van der Waals surface area (Å²) in [5, 5.41) is 3.95. The fourth-order valence-electron chi connectivity index (χ4n) is 2.91. The second kappa shape index (κ2) is 5.78. The standard InChI is InChI=1S/C15H20ClFN2/c16-14-10-12(17)3-4-13(14)15(9-11-1-2-11)19-7-5-18-6-8-19/h3-4,10-11,15,18H,1-2,5-9H2/t15-/m1/s1. The number of hydrogen-bond donors (Lipinski definition) is 1. The molecule has 3 rings (SSSR count). The molecule has 1 atom stereocenters. The van der Waals surface area contributed by atoms with Crippen LogP contribution in [0.1, 0.15) is 30.9 Å². The minimum atomic E-state index is -0.251. The summed E-state index contributed by atoms with van der Waals surface area (Å²) in [4.78, 5) is 2.49. The number of benzene rings is 1. The van der Waals surface area contributed by atoms with Crippen molar-refractivity contribution in [1.29, 1.82) is 0 Å². The lowest BCUT2D eigenvalue weighted by Gasteiger charge is -2.35. The van der Waals surface area contributed by atoms with Crippen LogP contribution >= 0.6 is 11.6 Å². The van der Waals surface area contributed by atoms with Gasteiger partial charge in [0.2, 0.25) is 0 Å². The number of halogens is 2. The van der Waals surface area contributed by atoms with Gasteiger partial charge in [-0.15, -0.1) is 0 Å². The summed E-state index contributed by atoms with van der Waals surface area (Å²) in [6.07, 6.45) is 3.83. The van der Waals surface area contributed by atoms with Crippen molar-refractivity contribution in [3.63, 3.8) is 0 Å². The third-order valence-corrected chi connectivity index (χ3v) is 4.49. The van der Waals surface area contributed by atoms with Crippen molar-refractivity contribution in [2.45, 2.75) is 25.3 Å². The topological polar surface area (TPSA) is 15.3 Å². The second-order valence-electron chi connectivity index (χ2n) is 5.65. The van der Waals surface area contributed by atoms with Crippen LogP contribution < -0.4 is 5.32 Å². The molecular formula is C15H20ClFN2. The van der Waals surface area contributed by atoms with Gasteiger partial charge in [-0.2, -0.15) is 0 Å². The predicted molar refractivity (Wildman–Crippen MR) is 75.9 cm³/mol. The summed E-state index contributed by atoms with van der Waals surface area (Å²) in [6, 6.07) is 5.19. The molecule has 0 bridgehead atoms. The highest BCUT2D eigenvalue weighted by Gasteiger charge is 2.31. The highest BCUT2D eigenvalue weighted by atomic mass is 35.5. The van der Waals surface area contributed by atoms with Gasteiger partial charge >= 0.3 is 0 Å². The Balaban J connectivity index is 1.83. The van der Waals surface area contributed by atoms with Crippen LogP contribution in [0.2, 0.25) is 5.02 Å². The first-order chi connectivity index (χ1) is 9.24. The van der Waals surface area contributed by atoms with Gasteiger partial charge in [-0.1, -0.05) is 30.5 Å². The Morgan fingerprint density at radius 3 is 2.68 bits per heavy atom. The molecule has 0 spiro atoms. The number of nitrogens with one attached hydrogen (secondary N) is 1. The van der Waals surface area contributed by atoms with Crippen LogP contribution in [0.3, 0.4) is 0 Å². The van der Waals surface area contributed by atoms with E-state index in [0.717, 1.165) is 44.1 Å². The van der Waals surface area contributed by atoms with E-state index in [9.17, 15) is 4.39 Å². The molecule has 2 fully saturated rings. The Hall–Kier alpha value is -0.640. The van der Waals surface area contributed by atoms with Gasteiger partial charge in [0.25, 0.3) is 0 Å². The number of piperazine rings is 1. The fourth-order valence-corrected chi connectivity index (χ4v) is 3.20. The van der Waals surface area contributed by atoms with Crippen LogP contribution in [0.15, 0.2) is 18.2 Å². The van der Waals surface area contributed by atoms with Crippen molar-refractivity contribution in [1.82, 2.24) is 10.2 Å². The van der Waals surface area contributed by atoms with E-state index in [1.807, 2.05) is 6.07 Å². The first kappa shape index (κ1) is 13.3. The summed E-state index contributed by atoms with van der Waals surface area (Å²) in [5.41, 5.74) is 1.09. The van der Waals surface area contributed by atoms with Crippen LogP contribution in [0.5, 0.6) is 0 Å². The van der Waals surface area contributed by atoms with Crippen LogP contribution in [0.25, 0.3) is 0 Å². The molecule has 0 amide bonds. The molecule has 1 aliphatic heterocycles. The smallest absolute Gasteiger partial charge is 0.124 e. The lowest BCUT2D eigenvalue weighted by atomic mass is 9.98. The van der Waals surface area contributed by atoms with Gasteiger partial charge < -0.3 is 5.32 Å². The van der Waals surface area contributed by atoms with E-state index in [-0.39, 0.29) is 5.82 Å². The van der Waals surface area contributed by atoms with Gasteiger partial charge in [-0.3, -0.25) is 4.90 Å². The van der Waals surface area contributed by atoms with E-state index < -0.39 is 0 Å². The average molecular weight is 283 g/mol.